The standard InChI is InChI=1S/C17H26N2O3S/c1-12(2)17(3,22)11-18-15(20)13-7-4-5-9-19(13)16(21)14-8-6-10-23-14/h6,8,10,12-13,22H,4-5,7,9,11H2,1-3H3,(H,18,20). The molecule has 0 radical (unpaired) electrons. The lowest BCUT2D eigenvalue weighted by Crippen LogP contribution is -2.54. The van der Waals surface area contributed by atoms with E-state index in [-0.39, 0.29) is 24.3 Å². The molecule has 0 aromatic carbocycles. The van der Waals surface area contributed by atoms with E-state index in [1.807, 2.05) is 25.3 Å². The summed E-state index contributed by atoms with van der Waals surface area (Å²) in [6, 6.07) is 3.19. The largest absolute Gasteiger partial charge is 0.388 e. The van der Waals surface area contributed by atoms with Crippen LogP contribution >= 0.6 is 11.3 Å². The van der Waals surface area contributed by atoms with E-state index in [0.29, 0.717) is 17.8 Å². The molecule has 2 N–H and O–H groups in total. The fourth-order valence-corrected chi connectivity index (χ4v) is 3.26. The van der Waals surface area contributed by atoms with E-state index in [2.05, 4.69) is 5.32 Å². The van der Waals surface area contributed by atoms with Gasteiger partial charge in [0, 0.05) is 13.1 Å². The smallest absolute Gasteiger partial charge is 0.264 e. The van der Waals surface area contributed by atoms with Crippen molar-refractivity contribution in [3.05, 3.63) is 22.4 Å². The van der Waals surface area contributed by atoms with Gasteiger partial charge in [0.05, 0.1) is 10.5 Å². The monoisotopic (exact) mass is 338 g/mol. The lowest BCUT2D eigenvalue weighted by molar-refractivity contribution is -0.128. The van der Waals surface area contributed by atoms with Crippen LogP contribution < -0.4 is 5.32 Å². The molecule has 0 saturated carbocycles. The summed E-state index contributed by atoms with van der Waals surface area (Å²) >= 11 is 1.40. The molecule has 2 rings (SSSR count). The predicted molar refractivity (Wildman–Crippen MR) is 91.5 cm³/mol. The summed E-state index contributed by atoms with van der Waals surface area (Å²) in [7, 11) is 0. The molecule has 2 amide bonds. The first-order valence-electron chi connectivity index (χ1n) is 8.17. The van der Waals surface area contributed by atoms with Crippen molar-refractivity contribution < 1.29 is 14.7 Å². The number of hydrogen-bond donors (Lipinski definition) is 2. The van der Waals surface area contributed by atoms with Crippen molar-refractivity contribution in [2.45, 2.75) is 51.7 Å². The Kier molecular flexibility index (Phi) is 5.81. The summed E-state index contributed by atoms with van der Waals surface area (Å²) in [6.45, 7) is 6.35. The van der Waals surface area contributed by atoms with Gasteiger partial charge in [0.15, 0.2) is 0 Å². The third-order valence-corrected chi connectivity index (χ3v) is 5.52. The van der Waals surface area contributed by atoms with E-state index in [1.54, 1.807) is 17.9 Å². The Morgan fingerprint density at radius 3 is 2.83 bits per heavy atom. The maximum absolute atomic E-state index is 12.6. The lowest BCUT2D eigenvalue weighted by atomic mass is 9.92. The number of hydrogen-bond acceptors (Lipinski definition) is 4. The van der Waals surface area contributed by atoms with E-state index < -0.39 is 11.6 Å². The third kappa shape index (κ3) is 4.32. The second-order valence-corrected chi connectivity index (χ2v) is 7.66. The molecule has 0 bridgehead atoms. The van der Waals surface area contributed by atoms with Crippen LogP contribution in [0.2, 0.25) is 0 Å². The average molecular weight is 338 g/mol. The molecule has 23 heavy (non-hydrogen) atoms. The van der Waals surface area contributed by atoms with Crippen LogP contribution in [-0.2, 0) is 4.79 Å². The first kappa shape index (κ1) is 17.9. The van der Waals surface area contributed by atoms with Gasteiger partial charge in [-0.1, -0.05) is 19.9 Å². The highest BCUT2D eigenvalue weighted by Gasteiger charge is 2.34. The number of carbonyl (C=O) groups is 2. The zero-order chi connectivity index (χ0) is 17.0. The summed E-state index contributed by atoms with van der Waals surface area (Å²) in [4.78, 5) is 27.5. The Labute approximate surface area is 141 Å². The Morgan fingerprint density at radius 2 is 2.22 bits per heavy atom. The number of piperidine rings is 1. The second kappa shape index (κ2) is 7.45. The summed E-state index contributed by atoms with van der Waals surface area (Å²) in [6.07, 6.45) is 2.53. The molecule has 0 aliphatic carbocycles. The molecule has 6 heteroatoms. The first-order valence-corrected chi connectivity index (χ1v) is 9.05. The molecule has 0 spiro atoms. The van der Waals surface area contributed by atoms with Crippen LogP contribution in [0.25, 0.3) is 0 Å². The quantitative estimate of drug-likeness (QED) is 0.865. The van der Waals surface area contributed by atoms with Crippen LogP contribution in [0.4, 0.5) is 0 Å². The maximum atomic E-state index is 12.6. The van der Waals surface area contributed by atoms with Gasteiger partial charge in [-0.3, -0.25) is 9.59 Å². The lowest BCUT2D eigenvalue weighted by Gasteiger charge is -2.35. The average Bonchev–Trinajstić information content (AvgIpc) is 3.06. The molecule has 128 valence electrons. The van der Waals surface area contributed by atoms with Gasteiger partial charge in [-0.25, -0.2) is 0 Å². The van der Waals surface area contributed by atoms with Crippen molar-refractivity contribution in [2.75, 3.05) is 13.1 Å². The van der Waals surface area contributed by atoms with Crippen LogP contribution in [0.1, 0.15) is 49.7 Å². The normalized spacial score (nSPS) is 21.1. The number of likely N-dealkylation sites (tertiary alicyclic amines) is 1. The highest BCUT2D eigenvalue weighted by atomic mass is 32.1. The SMILES string of the molecule is CC(C)C(C)(O)CNC(=O)C1CCCCN1C(=O)c1cccs1. The molecule has 1 aliphatic heterocycles. The van der Waals surface area contributed by atoms with Gasteiger partial charge in [0.2, 0.25) is 5.91 Å². The fraction of sp³-hybridized carbons (Fsp3) is 0.647. The fourth-order valence-electron chi connectivity index (χ4n) is 2.58. The first-order chi connectivity index (χ1) is 10.8. The molecular weight excluding hydrogens is 312 g/mol. The Hall–Kier alpha value is -1.40. The third-order valence-electron chi connectivity index (χ3n) is 4.66. The molecule has 5 nitrogen and oxygen atoms in total. The van der Waals surface area contributed by atoms with E-state index in [9.17, 15) is 14.7 Å². The van der Waals surface area contributed by atoms with Crippen LogP contribution in [0.5, 0.6) is 0 Å². The summed E-state index contributed by atoms with van der Waals surface area (Å²) in [5.74, 6) is -0.205. The maximum Gasteiger partial charge on any atom is 0.264 e. The van der Waals surface area contributed by atoms with Gasteiger partial charge in [0.1, 0.15) is 6.04 Å². The minimum Gasteiger partial charge on any atom is -0.388 e. The Balaban J connectivity index is 2.03. The van der Waals surface area contributed by atoms with Gasteiger partial charge in [-0.2, -0.15) is 0 Å². The van der Waals surface area contributed by atoms with Gasteiger partial charge in [-0.05, 0) is 43.6 Å². The highest BCUT2D eigenvalue weighted by molar-refractivity contribution is 7.12. The topological polar surface area (TPSA) is 69.6 Å². The predicted octanol–water partition coefficient (Wildman–Crippen LogP) is 2.27. The zero-order valence-corrected chi connectivity index (χ0v) is 14.9. The number of nitrogens with one attached hydrogen (secondary N) is 1. The van der Waals surface area contributed by atoms with Gasteiger partial charge < -0.3 is 15.3 Å². The van der Waals surface area contributed by atoms with Crippen molar-refractivity contribution in [1.82, 2.24) is 10.2 Å². The molecule has 2 heterocycles. The molecule has 1 aromatic heterocycles. The van der Waals surface area contributed by atoms with Crippen LogP contribution in [0, 0.1) is 5.92 Å². The Morgan fingerprint density at radius 1 is 1.48 bits per heavy atom. The van der Waals surface area contributed by atoms with Crippen molar-refractivity contribution in [3.8, 4) is 0 Å². The molecular formula is C17H26N2O3S. The van der Waals surface area contributed by atoms with E-state index in [1.165, 1.54) is 11.3 Å². The molecule has 2 atom stereocenters. The minimum atomic E-state index is -0.951. The number of thiophene rings is 1. The molecule has 1 saturated heterocycles. The van der Waals surface area contributed by atoms with Gasteiger partial charge in [0.25, 0.3) is 5.91 Å². The van der Waals surface area contributed by atoms with Crippen molar-refractivity contribution in [2.24, 2.45) is 5.92 Å². The van der Waals surface area contributed by atoms with Crippen molar-refractivity contribution in [3.63, 3.8) is 0 Å². The van der Waals surface area contributed by atoms with Crippen LogP contribution in [-0.4, -0.2) is 46.6 Å². The Bertz CT molecular complexity index is 540. The molecule has 2 unspecified atom stereocenters. The summed E-state index contributed by atoms with van der Waals surface area (Å²) in [5.41, 5.74) is -0.951. The highest BCUT2D eigenvalue weighted by Crippen LogP contribution is 2.22. The number of rotatable bonds is 5. The molecule has 1 fully saturated rings. The van der Waals surface area contributed by atoms with Gasteiger partial charge >= 0.3 is 0 Å². The minimum absolute atomic E-state index is 0.0398. The summed E-state index contributed by atoms with van der Waals surface area (Å²) in [5, 5.41) is 15.0. The number of amides is 2. The van der Waals surface area contributed by atoms with Crippen molar-refractivity contribution >= 4 is 23.2 Å². The molecule has 1 aliphatic rings. The number of carbonyl (C=O) groups excluding carboxylic acids is 2. The summed E-state index contributed by atoms with van der Waals surface area (Å²) < 4.78 is 0. The zero-order valence-electron chi connectivity index (χ0n) is 14.0. The van der Waals surface area contributed by atoms with Gasteiger partial charge in [-0.15, -0.1) is 11.3 Å². The van der Waals surface area contributed by atoms with E-state index >= 15 is 0 Å². The van der Waals surface area contributed by atoms with Crippen molar-refractivity contribution in [1.29, 1.82) is 0 Å². The second-order valence-electron chi connectivity index (χ2n) is 6.72. The van der Waals surface area contributed by atoms with E-state index in [0.717, 1.165) is 12.8 Å². The van der Waals surface area contributed by atoms with Crippen LogP contribution in [0.3, 0.4) is 0 Å². The number of nitrogens with zero attached hydrogens (tertiary/aromatic N) is 1. The van der Waals surface area contributed by atoms with E-state index in [4.69, 9.17) is 0 Å². The van der Waals surface area contributed by atoms with Crippen LogP contribution in [0.15, 0.2) is 17.5 Å². The molecule has 1 aromatic rings. The number of aliphatic hydroxyl groups is 1.